The zero-order chi connectivity index (χ0) is 18.0. The number of para-hydroxylation sites is 3. The number of rotatable bonds is 3. The van der Waals surface area contributed by atoms with Crippen LogP contribution in [0.4, 0.5) is 17.1 Å². The number of benzene rings is 2. The van der Waals surface area contributed by atoms with E-state index in [9.17, 15) is 0 Å². The molecule has 0 aromatic heterocycles. The van der Waals surface area contributed by atoms with Gasteiger partial charge in [0.2, 0.25) is 0 Å². The molecule has 2 heterocycles. The van der Waals surface area contributed by atoms with Crippen LogP contribution in [0.3, 0.4) is 0 Å². The van der Waals surface area contributed by atoms with Crippen LogP contribution in [-0.4, -0.2) is 38.6 Å². The second-order valence-corrected chi connectivity index (χ2v) is 7.31. The number of nitrogens with zero attached hydrogens (tertiary/aromatic N) is 2. The molecule has 2 aliphatic heterocycles. The van der Waals surface area contributed by atoms with E-state index >= 15 is 0 Å². The van der Waals surface area contributed by atoms with Crippen molar-refractivity contribution in [2.75, 3.05) is 37.4 Å². The Bertz CT molecular complexity index is 806. The molecule has 0 atom stereocenters. The minimum atomic E-state index is -0.105. The lowest BCUT2D eigenvalue weighted by Gasteiger charge is -2.43. The monoisotopic (exact) mass is 349 g/mol. The van der Waals surface area contributed by atoms with Crippen LogP contribution < -0.4 is 20.9 Å². The first-order valence-corrected chi connectivity index (χ1v) is 9.34. The van der Waals surface area contributed by atoms with E-state index in [1.165, 1.54) is 11.3 Å². The summed E-state index contributed by atoms with van der Waals surface area (Å²) >= 11 is 0. The molecule has 2 aromatic rings. The van der Waals surface area contributed by atoms with Gasteiger partial charge in [0.05, 0.1) is 16.9 Å². The van der Waals surface area contributed by atoms with Gasteiger partial charge in [-0.2, -0.15) is 0 Å². The van der Waals surface area contributed by atoms with Crippen molar-refractivity contribution >= 4 is 22.9 Å². The molecule has 0 amide bonds. The van der Waals surface area contributed by atoms with Gasteiger partial charge in [0.15, 0.2) is 0 Å². The summed E-state index contributed by atoms with van der Waals surface area (Å²) < 4.78 is 0. The largest absolute Gasteiger partial charge is 0.377 e. The molecule has 5 nitrogen and oxygen atoms in total. The highest BCUT2D eigenvalue weighted by Gasteiger charge is 2.40. The number of aliphatic imine (C=N–C) groups is 1. The van der Waals surface area contributed by atoms with Crippen LogP contribution in [0.2, 0.25) is 0 Å². The molecular weight excluding hydrogens is 322 g/mol. The molecule has 0 radical (unpaired) electrons. The van der Waals surface area contributed by atoms with Gasteiger partial charge >= 0.3 is 0 Å². The SMILES string of the molecule is CN(C)c1ccccc1CNC1=Nc2ccccc2NC12CCNCC2. The Hall–Kier alpha value is -2.53. The van der Waals surface area contributed by atoms with Gasteiger partial charge in [0.25, 0.3) is 0 Å². The maximum atomic E-state index is 5.01. The average Bonchev–Trinajstić information content (AvgIpc) is 2.67. The molecule has 0 bridgehead atoms. The van der Waals surface area contributed by atoms with Gasteiger partial charge in [-0.05, 0) is 49.7 Å². The predicted molar refractivity (Wildman–Crippen MR) is 110 cm³/mol. The number of hydrogen-bond acceptors (Lipinski definition) is 5. The fourth-order valence-corrected chi connectivity index (χ4v) is 3.92. The summed E-state index contributed by atoms with van der Waals surface area (Å²) in [5.74, 6) is 1.06. The van der Waals surface area contributed by atoms with E-state index < -0.39 is 0 Å². The summed E-state index contributed by atoms with van der Waals surface area (Å²) in [6, 6.07) is 16.8. The number of anilines is 2. The molecule has 0 unspecified atom stereocenters. The molecule has 3 N–H and O–H groups in total. The third kappa shape index (κ3) is 3.15. The van der Waals surface area contributed by atoms with E-state index in [0.29, 0.717) is 0 Å². The maximum Gasteiger partial charge on any atom is 0.128 e. The highest BCUT2D eigenvalue weighted by atomic mass is 15.2. The number of amidine groups is 1. The minimum absolute atomic E-state index is 0.105. The molecule has 2 aliphatic rings. The Kier molecular flexibility index (Phi) is 4.55. The summed E-state index contributed by atoms with van der Waals surface area (Å²) in [5.41, 5.74) is 4.56. The third-order valence-corrected chi connectivity index (χ3v) is 5.34. The molecular formula is C21H27N5. The van der Waals surface area contributed by atoms with E-state index in [0.717, 1.165) is 49.7 Å². The van der Waals surface area contributed by atoms with Crippen molar-refractivity contribution in [2.45, 2.75) is 24.9 Å². The standard InChI is InChI=1S/C21H27N5/c1-26(2)19-10-6-3-7-16(19)15-23-20-21(11-13-22-14-12-21)25-18-9-5-4-8-17(18)24-20/h3-10,22,25H,11-15H2,1-2H3,(H,23,24). The smallest absolute Gasteiger partial charge is 0.128 e. The van der Waals surface area contributed by atoms with Crippen molar-refractivity contribution in [3.63, 3.8) is 0 Å². The number of piperidine rings is 1. The van der Waals surface area contributed by atoms with Crippen LogP contribution in [0.15, 0.2) is 53.5 Å². The van der Waals surface area contributed by atoms with Gasteiger partial charge < -0.3 is 20.9 Å². The van der Waals surface area contributed by atoms with Crippen molar-refractivity contribution in [1.29, 1.82) is 0 Å². The molecule has 0 saturated carbocycles. The number of nitrogens with one attached hydrogen (secondary N) is 3. The molecule has 4 rings (SSSR count). The van der Waals surface area contributed by atoms with E-state index in [-0.39, 0.29) is 5.54 Å². The third-order valence-electron chi connectivity index (χ3n) is 5.34. The summed E-state index contributed by atoms with van der Waals surface area (Å²) in [7, 11) is 4.17. The van der Waals surface area contributed by atoms with Crippen molar-refractivity contribution in [3.05, 3.63) is 54.1 Å². The van der Waals surface area contributed by atoms with Crippen molar-refractivity contribution in [2.24, 2.45) is 4.99 Å². The molecule has 26 heavy (non-hydrogen) atoms. The van der Waals surface area contributed by atoms with Crippen LogP contribution in [0.1, 0.15) is 18.4 Å². The van der Waals surface area contributed by atoms with Gasteiger partial charge in [-0.25, -0.2) is 4.99 Å². The van der Waals surface area contributed by atoms with E-state index in [1.54, 1.807) is 0 Å². The van der Waals surface area contributed by atoms with E-state index in [1.807, 2.05) is 6.07 Å². The Morgan fingerprint density at radius 1 is 1.04 bits per heavy atom. The zero-order valence-corrected chi connectivity index (χ0v) is 15.5. The molecule has 2 aromatic carbocycles. The minimum Gasteiger partial charge on any atom is -0.377 e. The molecule has 1 spiro atoms. The Labute approximate surface area is 155 Å². The summed E-state index contributed by atoms with van der Waals surface area (Å²) in [6.07, 6.45) is 2.06. The highest BCUT2D eigenvalue weighted by molar-refractivity contribution is 6.00. The van der Waals surface area contributed by atoms with Crippen LogP contribution >= 0.6 is 0 Å². The topological polar surface area (TPSA) is 51.7 Å². The van der Waals surface area contributed by atoms with Gasteiger partial charge in [-0.3, -0.25) is 0 Å². The average molecular weight is 349 g/mol. The summed E-state index contributed by atoms with van der Waals surface area (Å²) in [4.78, 5) is 7.17. The summed E-state index contributed by atoms with van der Waals surface area (Å²) in [6.45, 7) is 2.78. The van der Waals surface area contributed by atoms with Gasteiger partial charge in [0, 0.05) is 26.3 Å². The normalized spacial score (nSPS) is 17.8. The van der Waals surface area contributed by atoms with Crippen LogP contribution in [0, 0.1) is 0 Å². The lowest BCUT2D eigenvalue weighted by molar-refractivity contribution is 0.412. The molecule has 1 fully saturated rings. The van der Waals surface area contributed by atoms with Crippen molar-refractivity contribution in [1.82, 2.24) is 10.6 Å². The lowest BCUT2D eigenvalue weighted by Crippen LogP contribution is -2.58. The quantitative estimate of drug-likeness (QED) is 0.797. The number of hydrogen-bond donors (Lipinski definition) is 3. The van der Waals surface area contributed by atoms with Crippen molar-refractivity contribution < 1.29 is 0 Å². The first kappa shape index (κ1) is 16.9. The van der Waals surface area contributed by atoms with Gasteiger partial charge in [0.1, 0.15) is 5.84 Å². The lowest BCUT2D eigenvalue weighted by atomic mass is 9.85. The fourth-order valence-electron chi connectivity index (χ4n) is 3.92. The molecule has 5 heteroatoms. The van der Waals surface area contributed by atoms with Crippen molar-refractivity contribution in [3.8, 4) is 0 Å². The first-order valence-electron chi connectivity index (χ1n) is 9.34. The second-order valence-electron chi connectivity index (χ2n) is 7.31. The van der Waals surface area contributed by atoms with E-state index in [4.69, 9.17) is 4.99 Å². The Balaban J connectivity index is 1.63. The zero-order valence-electron chi connectivity index (χ0n) is 15.5. The Morgan fingerprint density at radius 2 is 1.77 bits per heavy atom. The Morgan fingerprint density at radius 3 is 2.58 bits per heavy atom. The molecule has 136 valence electrons. The number of fused-ring (bicyclic) bond motifs is 1. The van der Waals surface area contributed by atoms with E-state index in [2.05, 4.69) is 77.4 Å². The summed E-state index contributed by atoms with van der Waals surface area (Å²) in [5, 5.41) is 10.9. The first-order chi connectivity index (χ1) is 12.7. The predicted octanol–water partition coefficient (Wildman–Crippen LogP) is 3.12. The highest BCUT2D eigenvalue weighted by Crippen LogP contribution is 2.37. The fraction of sp³-hybridized carbons (Fsp3) is 0.381. The van der Waals surface area contributed by atoms with Crippen LogP contribution in [-0.2, 0) is 6.54 Å². The molecule has 0 aliphatic carbocycles. The maximum absolute atomic E-state index is 5.01. The van der Waals surface area contributed by atoms with Crippen LogP contribution in [0.5, 0.6) is 0 Å². The second kappa shape index (κ2) is 7.00. The van der Waals surface area contributed by atoms with Crippen LogP contribution in [0.25, 0.3) is 0 Å². The molecule has 1 saturated heterocycles. The van der Waals surface area contributed by atoms with Gasteiger partial charge in [-0.15, -0.1) is 0 Å². The van der Waals surface area contributed by atoms with Gasteiger partial charge in [-0.1, -0.05) is 30.3 Å².